The van der Waals surface area contributed by atoms with Crippen molar-refractivity contribution in [2.75, 3.05) is 13.2 Å². The molecule has 0 fully saturated rings. The molecule has 1 heterocycles. The minimum absolute atomic E-state index is 0.0529. The minimum Gasteiger partial charge on any atom is -0.481 e. The highest BCUT2D eigenvalue weighted by atomic mass is 35.5. The number of amides is 1. The van der Waals surface area contributed by atoms with Gasteiger partial charge in [-0.2, -0.15) is 0 Å². The molecule has 3 unspecified atom stereocenters. The van der Waals surface area contributed by atoms with E-state index in [9.17, 15) is 34.1 Å². The SMILES string of the molecule is CC(C)n1c(/C=C/C(O)CC(O)C(CCCCCOC(=O)C(C)(C)Oc2ccc(CCNC(=O)c3ccc(Cl)cc3)cc2)C(=O)O)c(-c2ccc(F)cc2)c2ccccc21. The molecule has 1 aromatic heterocycles. The zero-order chi connectivity index (χ0) is 43.4. The summed E-state index contributed by atoms with van der Waals surface area (Å²) in [6, 6.07) is 28.1. The van der Waals surface area contributed by atoms with E-state index < -0.39 is 35.7 Å². The van der Waals surface area contributed by atoms with E-state index in [-0.39, 0.29) is 37.2 Å². The van der Waals surface area contributed by atoms with Crippen LogP contribution in [0.2, 0.25) is 5.02 Å². The Balaban J connectivity index is 1.06. The third-order valence-corrected chi connectivity index (χ3v) is 10.6. The van der Waals surface area contributed by atoms with Crippen molar-refractivity contribution in [1.29, 1.82) is 0 Å². The molecule has 0 aliphatic heterocycles. The zero-order valence-corrected chi connectivity index (χ0v) is 35.2. The van der Waals surface area contributed by atoms with Crippen LogP contribution in [0.3, 0.4) is 0 Å². The molecule has 318 valence electrons. The van der Waals surface area contributed by atoms with E-state index >= 15 is 0 Å². The van der Waals surface area contributed by atoms with E-state index in [4.69, 9.17) is 21.1 Å². The second-order valence-corrected chi connectivity index (χ2v) is 16.1. The van der Waals surface area contributed by atoms with E-state index in [0.29, 0.717) is 48.6 Å². The number of benzene rings is 4. The molecule has 5 aromatic rings. The van der Waals surface area contributed by atoms with Crippen molar-refractivity contribution in [2.24, 2.45) is 5.92 Å². The van der Waals surface area contributed by atoms with Gasteiger partial charge in [-0.3, -0.25) is 9.59 Å². The Labute approximate surface area is 355 Å². The van der Waals surface area contributed by atoms with Gasteiger partial charge in [-0.25, -0.2) is 9.18 Å². The maximum absolute atomic E-state index is 13.8. The Morgan fingerprint density at radius 3 is 2.25 bits per heavy atom. The van der Waals surface area contributed by atoms with Crippen LogP contribution in [-0.4, -0.2) is 68.7 Å². The summed E-state index contributed by atoms with van der Waals surface area (Å²) in [6.07, 6.45) is 3.01. The third-order valence-electron chi connectivity index (χ3n) is 10.3. The summed E-state index contributed by atoms with van der Waals surface area (Å²) in [5, 5.41) is 36.3. The lowest BCUT2D eigenvalue weighted by Gasteiger charge is -2.24. The predicted molar refractivity (Wildman–Crippen MR) is 233 cm³/mol. The molecule has 0 bridgehead atoms. The molecule has 12 heteroatoms. The summed E-state index contributed by atoms with van der Waals surface area (Å²) in [5.41, 5.74) is 3.71. The Morgan fingerprint density at radius 2 is 1.58 bits per heavy atom. The maximum Gasteiger partial charge on any atom is 0.349 e. The Kier molecular flexibility index (Phi) is 16.1. The van der Waals surface area contributed by atoms with Crippen molar-refractivity contribution in [3.05, 3.63) is 131 Å². The Morgan fingerprint density at radius 1 is 0.900 bits per heavy atom. The average Bonchev–Trinajstić information content (AvgIpc) is 3.55. The van der Waals surface area contributed by atoms with Crippen molar-refractivity contribution in [1.82, 2.24) is 9.88 Å². The van der Waals surface area contributed by atoms with Crippen LogP contribution in [-0.2, 0) is 20.7 Å². The van der Waals surface area contributed by atoms with Crippen molar-refractivity contribution < 1.29 is 43.6 Å². The number of carboxylic acids is 1. The number of aliphatic hydroxyl groups is 2. The number of hydrogen-bond acceptors (Lipinski definition) is 7. The number of nitrogens with one attached hydrogen (secondary N) is 1. The van der Waals surface area contributed by atoms with Crippen molar-refractivity contribution in [2.45, 2.75) is 90.1 Å². The number of rotatable bonds is 21. The highest BCUT2D eigenvalue weighted by Crippen LogP contribution is 2.38. The standard InChI is InChI=1S/C48H54ClFN2O8/c1-31(2)52-41-12-8-7-10-39(41)44(33-17-21-36(50)22-18-33)42(52)26-23-37(53)30-43(54)40(46(56)57)11-6-5-9-29-59-47(58)48(3,4)60-38-24-13-32(14-25-38)27-28-51-45(55)34-15-19-35(49)20-16-34/h7-8,10,12-26,31,37,40,43,53-54H,5-6,9,11,27-30H2,1-4H3,(H,51,55)(H,56,57)/b26-23+. The van der Waals surface area contributed by atoms with Gasteiger partial charge in [-0.15, -0.1) is 0 Å². The number of carbonyl (C=O) groups excluding carboxylic acids is 2. The summed E-state index contributed by atoms with van der Waals surface area (Å²) in [6.45, 7) is 7.89. The summed E-state index contributed by atoms with van der Waals surface area (Å²) in [4.78, 5) is 37.4. The molecule has 0 saturated heterocycles. The molecule has 1 amide bonds. The van der Waals surface area contributed by atoms with Gasteiger partial charge >= 0.3 is 11.9 Å². The van der Waals surface area contributed by atoms with Gasteiger partial charge in [0.15, 0.2) is 5.60 Å². The average molecular weight is 841 g/mol. The lowest BCUT2D eigenvalue weighted by atomic mass is 9.91. The smallest absolute Gasteiger partial charge is 0.349 e. The van der Waals surface area contributed by atoms with Crippen LogP contribution in [0.25, 0.3) is 28.1 Å². The van der Waals surface area contributed by atoms with E-state index in [2.05, 4.69) is 23.7 Å². The number of aromatic nitrogens is 1. The fourth-order valence-corrected chi connectivity index (χ4v) is 7.29. The van der Waals surface area contributed by atoms with Gasteiger partial charge in [0, 0.05) is 51.8 Å². The lowest BCUT2D eigenvalue weighted by Crippen LogP contribution is -2.39. The van der Waals surface area contributed by atoms with Gasteiger partial charge in [0.05, 0.1) is 24.7 Å². The number of aliphatic hydroxyl groups excluding tert-OH is 2. The molecule has 4 aromatic carbocycles. The summed E-state index contributed by atoms with van der Waals surface area (Å²) in [5.74, 6) is -2.84. The normalized spacial score (nSPS) is 13.3. The fraction of sp³-hybridized carbons (Fsp3) is 0.354. The number of aliphatic carboxylic acids is 1. The second kappa shape index (κ2) is 21.2. The van der Waals surface area contributed by atoms with Gasteiger partial charge in [-0.1, -0.05) is 73.0 Å². The molecule has 0 aliphatic rings. The van der Waals surface area contributed by atoms with Crippen LogP contribution < -0.4 is 10.1 Å². The number of hydrogen-bond donors (Lipinski definition) is 4. The molecular formula is C48H54ClFN2O8. The largest absolute Gasteiger partial charge is 0.481 e. The topological polar surface area (TPSA) is 147 Å². The molecule has 0 saturated carbocycles. The molecular weight excluding hydrogens is 787 g/mol. The monoisotopic (exact) mass is 840 g/mol. The summed E-state index contributed by atoms with van der Waals surface area (Å²) < 4.78 is 27.4. The number of fused-ring (bicyclic) bond motifs is 1. The van der Waals surface area contributed by atoms with Gasteiger partial charge in [0.1, 0.15) is 11.6 Å². The first-order chi connectivity index (χ1) is 28.6. The van der Waals surface area contributed by atoms with Gasteiger partial charge < -0.3 is 34.7 Å². The Bertz CT molecular complexity index is 2230. The number of carboxylic acid groups (broad SMARTS) is 1. The molecule has 4 N–H and O–H groups in total. The van der Waals surface area contributed by atoms with Gasteiger partial charge in [0.2, 0.25) is 0 Å². The number of nitrogens with zero attached hydrogens (tertiary/aromatic N) is 1. The van der Waals surface area contributed by atoms with Crippen LogP contribution in [0.4, 0.5) is 4.39 Å². The van der Waals surface area contributed by atoms with Crippen molar-refractivity contribution in [3.63, 3.8) is 0 Å². The summed E-state index contributed by atoms with van der Waals surface area (Å²) in [7, 11) is 0. The number of unbranched alkanes of at least 4 members (excludes halogenated alkanes) is 2. The minimum atomic E-state index is -1.31. The molecule has 60 heavy (non-hydrogen) atoms. The number of ether oxygens (including phenoxy) is 2. The number of carbonyl (C=O) groups is 3. The first-order valence-corrected chi connectivity index (χ1v) is 20.7. The fourth-order valence-electron chi connectivity index (χ4n) is 7.16. The zero-order valence-electron chi connectivity index (χ0n) is 34.4. The van der Waals surface area contributed by atoms with Crippen LogP contribution >= 0.6 is 11.6 Å². The van der Waals surface area contributed by atoms with Gasteiger partial charge in [-0.05, 0) is 119 Å². The van der Waals surface area contributed by atoms with Crippen LogP contribution in [0.1, 0.15) is 87.5 Å². The first kappa shape index (κ1) is 45.6. The second-order valence-electron chi connectivity index (χ2n) is 15.7. The highest BCUT2D eigenvalue weighted by molar-refractivity contribution is 6.30. The van der Waals surface area contributed by atoms with Gasteiger partial charge in [0.25, 0.3) is 5.91 Å². The number of esters is 1. The molecule has 5 rings (SSSR count). The number of para-hydroxylation sites is 1. The van der Waals surface area contributed by atoms with Crippen LogP contribution in [0.5, 0.6) is 5.75 Å². The van der Waals surface area contributed by atoms with Crippen molar-refractivity contribution >= 4 is 46.4 Å². The van der Waals surface area contributed by atoms with E-state index in [1.807, 2.05) is 36.4 Å². The first-order valence-electron chi connectivity index (χ1n) is 20.3. The number of halogens is 2. The predicted octanol–water partition coefficient (Wildman–Crippen LogP) is 9.44. The Hall–Kier alpha value is -5.49. The maximum atomic E-state index is 13.8. The third kappa shape index (κ3) is 12.3. The summed E-state index contributed by atoms with van der Waals surface area (Å²) >= 11 is 5.89. The van der Waals surface area contributed by atoms with Crippen LogP contribution in [0.15, 0.2) is 103 Å². The van der Waals surface area contributed by atoms with Crippen LogP contribution in [0, 0.1) is 11.7 Å². The highest BCUT2D eigenvalue weighted by Gasteiger charge is 2.32. The molecule has 0 spiro atoms. The lowest BCUT2D eigenvalue weighted by molar-refractivity contribution is -0.159. The van der Waals surface area contributed by atoms with Crippen molar-refractivity contribution in [3.8, 4) is 16.9 Å². The molecule has 0 aliphatic carbocycles. The molecule has 3 atom stereocenters. The van der Waals surface area contributed by atoms with E-state index in [0.717, 1.165) is 33.3 Å². The van der Waals surface area contributed by atoms with E-state index in [1.165, 1.54) is 12.1 Å². The van der Waals surface area contributed by atoms with E-state index in [1.54, 1.807) is 74.5 Å². The molecule has 0 radical (unpaired) electrons. The quantitative estimate of drug-likeness (QED) is 0.0422. The molecule has 10 nitrogen and oxygen atoms in total.